The van der Waals surface area contributed by atoms with E-state index in [1.54, 1.807) is 6.92 Å². The molecule has 1 amide bonds. The highest BCUT2D eigenvalue weighted by Gasteiger charge is 2.21. The predicted molar refractivity (Wildman–Crippen MR) is 69.2 cm³/mol. The Balaban J connectivity index is 4.10. The Morgan fingerprint density at radius 1 is 1.28 bits per heavy atom. The maximum atomic E-state index is 11.6. The number of amides is 1. The molecule has 0 spiro atoms. The number of rotatable bonds is 9. The molecule has 106 valence electrons. The number of aliphatic hydroxyl groups excluding tert-OH is 1. The summed E-state index contributed by atoms with van der Waals surface area (Å²) in [4.78, 5) is 22.5. The summed E-state index contributed by atoms with van der Waals surface area (Å²) in [6.07, 6.45) is 2.11. The van der Waals surface area contributed by atoms with Crippen LogP contribution in [0.4, 0.5) is 0 Å². The quantitative estimate of drug-likeness (QED) is 0.586. The van der Waals surface area contributed by atoms with Crippen LogP contribution in [0.3, 0.4) is 0 Å². The molecular weight excluding hydrogens is 234 g/mol. The standard InChI is InChI=1S/C13H25NO4/c1-4-6-7-11(15)12(16)14-9(3)8-10(5-2)13(17)18/h9-11,15H,4-8H2,1-3H3,(H,14,16)(H,17,18). The molecule has 0 aromatic heterocycles. The molecule has 0 aromatic carbocycles. The molecule has 18 heavy (non-hydrogen) atoms. The van der Waals surface area contributed by atoms with E-state index in [0.29, 0.717) is 19.3 Å². The summed E-state index contributed by atoms with van der Waals surface area (Å²) in [7, 11) is 0. The van der Waals surface area contributed by atoms with E-state index in [0.717, 1.165) is 12.8 Å². The van der Waals surface area contributed by atoms with E-state index in [2.05, 4.69) is 5.32 Å². The van der Waals surface area contributed by atoms with E-state index < -0.39 is 23.9 Å². The van der Waals surface area contributed by atoms with Gasteiger partial charge < -0.3 is 15.5 Å². The summed E-state index contributed by atoms with van der Waals surface area (Å²) in [5.74, 6) is -1.70. The Labute approximate surface area is 109 Å². The molecule has 0 aromatic rings. The SMILES string of the molecule is CCCCC(O)C(=O)NC(C)CC(CC)C(=O)O. The van der Waals surface area contributed by atoms with E-state index in [1.807, 2.05) is 13.8 Å². The lowest BCUT2D eigenvalue weighted by atomic mass is 9.98. The molecule has 0 aliphatic carbocycles. The number of hydrogen-bond donors (Lipinski definition) is 3. The van der Waals surface area contributed by atoms with Gasteiger partial charge in [-0.2, -0.15) is 0 Å². The van der Waals surface area contributed by atoms with Crippen LogP contribution in [0.1, 0.15) is 52.9 Å². The third kappa shape index (κ3) is 6.59. The number of aliphatic hydroxyl groups is 1. The van der Waals surface area contributed by atoms with Gasteiger partial charge in [0, 0.05) is 6.04 Å². The molecule has 5 nitrogen and oxygen atoms in total. The summed E-state index contributed by atoms with van der Waals surface area (Å²) in [5.41, 5.74) is 0. The molecule has 0 heterocycles. The van der Waals surface area contributed by atoms with Crippen molar-refractivity contribution in [2.75, 3.05) is 0 Å². The van der Waals surface area contributed by atoms with Crippen molar-refractivity contribution in [3.63, 3.8) is 0 Å². The van der Waals surface area contributed by atoms with Crippen molar-refractivity contribution in [1.29, 1.82) is 0 Å². The number of carboxylic acids is 1. The van der Waals surface area contributed by atoms with Gasteiger partial charge in [0.1, 0.15) is 6.10 Å². The number of aliphatic carboxylic acids is 1. The van der Waals surface area contributed by atoms with Gasteiger partial charge in [-0.1, -0.05) is 26.7 Å². The average Bonchev–Trinajstić information content (AvgIpc) is 2.32. The highest BCUT2D eigenvalue weighted by molar-refractivity contribution is 5.80. The minimum absolute atomic E-state index is 0.241. The van der Waals surface area contributed by atoms with Crippen molar-refractivity contribution in [3.8, 4) is 0 Å². The maximum absolute atomic E-state index is 11.6. The highest BCUT2D eigenvalue weighted by atomic mass is 16.4. The zero-order valence-corrected chi connectivity index (χ0v) is 11.5. The maximum Gasteiger partial charge on any atom is 0.306 e. The third-order valence-electron chi connectivity index (χ3n) is 3.00. The number of nitrogens with one attached hydrogen (secondary N) is 1. The normalized spacial score (nSPS) is 15.8. The predicted octanol–water partition coefficient (Wildman–Crippen LogP) is 1.54. The first-order chi connectivity index (χ1) is 8.42. The second kappa shape index (κ2) is 8.91. The van der Waals surface area contributed by atoms with Gasteiger partial charge in [0.15, 0.2) is 0 Å². The number of carbonyl (C=O) groups excluding carboxylic acids is 1. The molecule has 5 heteroatoms. The van der Waals surface area contributed by atoms with Crippen LogP contribution in [0.15, 0.2) is 0 Å². The first-order valence-electron chi connectivity index (χ1n) is 6.63. The first-order valence-corrected chi connectivity index (χ1v) is 6.63. The van der Waals surface area contributed by atoms with Crippen molar-refractivity contribution < 1.29 is 19.8 Å². The van der Waals surface area contributed by atoms with Crippen molar-refractivity contribution >= 4 is 11.9 Å². The molecule has 0 rings (SSSR count). The summed E-state index contributed by atoms with van der Waals surface area (Å²) < 4.78 is 0. The average molecular weight is 259 g/mol. The molecule has 0 saturated heterocycles. The van der Waals surface area contributed by atoms with Gasteiger partial charge in [-0.15, -0.1) is 0 Å². The van der Waals surface area contributed by atoms with Crippen LogP contribution in [-0.2, 0) is 9.59 Å². The van der Waals surface area contributed by atoms with E-state index >= 15 is 0 Å². The number of unbranched alkanes of at least 4 members (excludes halogenated alkanes) is 1. The molecule has 3 unspecified atom stereocenters. The van der Waals surface area contributed by atoms with Gasteiger partial charge in [-0.05, 0) is 26.2 Å². The minimum Gasteiger partial charge on any atom is -0.481 e. The molecule has 0 bridgehead atoms. The van der Waals surface area contributed by atoms with Crippen LogP contribution in [-0.4, -0.2) is 34.2 Å². The van der Waals surface area contributed by atoms with E-state index in [1.165, 1.54) is 0 Å². The molecule has 0 aliphatic rings. The zero-order chi connectivity index (χ0) is 14.1. The molecular formula is C13H25NO4. The molecule has 0 saturated carbocycles. The molecule has 0 fully saturated rings. The van der Waals surface area contributed by atoms with Gasteiger partial charge >= 0.3 is 5.97 Å². The van der Waals surface area contributed by atoms with Gasteiger partial charge in [-0.3, -0.25) is 9.59 Å². The van der Waals surface area contributed by atoms with Gasteiger partial charge in [0.05, 0.1) is 5.92 Å². The lowest BCUT2D eigenvalue weighted by molar-refractivity contribution is -0.142. The highest BCUT2D eigenvalue weighted by Crippen LogP contribution is 2.11. The van der Waals surface area contributed by atoms with Gasteiger partial charge in [0.2, 0.25) is 5.91 Å². The first kappa shape index (κ1) is 16.9. The van der Waals surface area contributed by atoms with Gasteiger partial charge in [0.25, 0.3) is 0 Å². The van der Waals surface area contributed by atoms with Crippen LogP contribution < -0.4 is 5.32 Å². The summed E-state index contributed by atoms with van der Waals surface area (Å²) in [6.45, 7) is 5.56. The smallest absolute Gasteiger partial charge is 0.306 e. The second-order valence-electron chi connectivity index (χ2n) is 4.75. The fourth-order valence-corrected chi connectivity index (χ4v) is 1.80. The van der Waals surface area contributed by atoms with Gasteiger partial charge in [-0.25, -0.2) is 0 Å². The van der Waals surface area contributed by atoms with E-state index in [-0.39, 0.29) is 6.04 Å². The Bertz CT molecular complexity index is 268. The van der Waals surface area contributed by atoms with Crippen LogP contribution in [0, 0.1) is 5.92 Å². The monoisotopic (exact) mass is 259 g/mol. The number of carbonyl (C=O) groups is 2. The fourth-order valence-electron chi connectivity index (χ4n) is 1.80. The van der Waals surface area contributed by atoms with Crippen molar-refractivity contribution in [2.24, 2.45) is 5.92 Å². The Morgan fingerprint density at radius 3 is 2.33 bits per heavy atom. The lowest BCUT2D eigenvalue weighted by Gasteiger charge is -2.19. The minimum atomic E-state index is -0.989. The largest absolute Gasteiger partial charge is 0.481 e. The van der Waals surface area contributed by atoms with Crippen LogP contribution in [0.2, 0.25) is 0 Å². The number of hydrogen-bond acceptors (Lipinski definition) is 3. The second-order valence-corrected chi connectivity index (χ2v) is 4.75. The van der Waals surface area contributed by atoms with Crippen LogP contribution in [0.5, 0.6) is 0 Å². The molecule has 0 radical (unpaired) electrons. The van der Waals surface area contributed by atoms with Crippen molar-refractivity contribution in [2.45, 2.75) is 65.0 Å². The molecule has 0 aliphatic heterocycles. The zero-order valence-electron chi connectivity index (χ0n) is 11.5. The van der Waals surface area contributed by atoms with E-state index in [9.17, 15) is 14.7 Å². The van der Waals surface area contributed by atoms with Crippen LogP contribution >= 0.6 is 0 Å². The Hall–Kier alpha value is -1.10. The summed E-state index contributed by atoms with van der Waals surface area (Å²) >= 11 is 0. The number of carboxylic acid groups (broad SMARTS) is 1. The summed E-state index contributed by atoms with van der Waals surface area (Å²) in [5, 5.41) is 21.1. The van der Waals surface area contributed by atoms with Crippen LogP contribution in [0.25, 0.3) is 0 Å². The van der Waals surface area contributed by atoms with Crippen molar-refractivity contribution in [1.82, 2.24) is 5.32 Å². The lowest BCUT2D eigenvalue weighted by Crippen LogP contribution is -2.41. The Morgan fingerprint density at radius 2 is 1.89 bits per heavy atom. The topological polar surface area (TPSA) is 86.6 Å². The van der Waals surface area contributed by atoms with Crippen molar-refractivity contribution in [3.05, 3.63) is 0 Å². The molecule has 3 N–H and O–H groups in total. The Kier molecular flexibility index (Phi) is 8.37. The molecule has 3 atom stereocenters. The third-order valence-corrected chi connectivity index (χ3v) is 3.00. The summed E-state index contributed by atoms with van der Waals surface area (Å²) in [6, 6.07) is -0.241. The van der Waals surface area contributed by atoms with E-state index in [4.69, 9.17) is 5.11 Å². The fraction of sp³-hybridized carbons (Fsp3) is 0.846.